The van der Waals surface area contributed by atoms with Gasteiger partial charge in [0.1, 0.15) is 0 Å². The number of hydrogen-bond donors (Lipinski definition) is 1. The van der Waals surface area contributed by atoms with Crippen LogP contribution in [-0.2, 0) is 0 Å². The fraction of sp³-hybridized carbons (Fsp3) is 0.889. The van der Waals surface area contributed by atoms with Crippen LogP contribution >= 0.6 is 24.0 Å². The summed E-state index contributed by atoms with van der Waals surface area (Å²) >= 11 is 7.35. The molecule has 0 amide bonds. The summed E-state index contributed by atoms with van der Waals surface area (Å²) in [4.78, 5) is 2.30. The Hall–Kier alpha value is 0.0400. The van der Waals surface area contributed by atoms with Gasteiger partial charge in [-0.3, -0.25) is 0 Å². The summed E-state index contributed by atoms with van der Waals surface area (Å²) in [7, 11) is 0. The van der Waals surface area contributed by atoms with E-state index in [1.807, 2.05) is 0 Å². The zero-order chi connectivity index (χ0) is 9.68. The highest BCUT2D eigenvalue weighted by atomic mass is 32.2. The molecule has 2 nitrogen and oxygen atoms in total. The molecule has 0 aliphatic carbocycles. The summed E-state index contributed by atoms with van der Waals surface area (Å²) in [5.74, 6) is 1.21. The highest BCUT2D eigenvalue weighted by molar-refractivity contribution is 8.00. The third-order valence-electron chi connectivity index (χ3n) is 2.21. The minimum atomic E-state index is 0.769. The van der Waals surface area contributed by atoms with Gasteiger partial charge in [-0.2, -0.15) is 11.8 Å². The number of nitrogens with one attached hydrogen (secondary N) is 1. The van der Waals surface area contributed by atoms with Crippen molar-refractivity contribution in [3.05, 3.63) is 0 Å². The lowest BCUT2D eigenvalue weighted by Gasteiger charge is -2.33. The van der Waals surface area contributed by atoms with Crippen LogP contribution in [0.15, 0.2) is 0 Å². The molecule has 1 fully saturated rings. The van der Waals surface area contributed by atoms with Gasteiger partial charge in [-0.1, -0.05) is 6.92 Å². The minimum absolute atomic E-state index is 0.769. The first-order chi connectivity index (χ1) is 6.27. The average molecular weight is 218 g/mol. The van der Waals surface area contributed by atoms with Crippen LogP contribution in [0.2, 0.25) is 0 Å². The standard InChI is InChI=1S/C9H18N2S2/c1-3-8-7-11(5-6-13-8)9(12)10-4-2/h8H,3-7H2,1-2H3,(H,10,12). The topological polar surface area (TPSA) is 15.3 Å². The largest absolute Gasteiger partial charge is 0.363 e. The fourth-order valence-electron chi connectivity index (χ4n) is 1.41. The molecule has 0 saturated carbocycles. The normalized spacial score (nSPS) is 22.9. The van der Waals surface area contributed by atoms with Crippen molar-refractivity contribution in [1.29, 1.82) is 0 Å². The van der Waals surface area contributed by atoms with E-state index in [0.717, 1.165) is 30.0 Å². The molecule has 13 heavy (non-hydrogen) atoms. The molecule has 0 aromatic rings. The van der Waals surface area contributed by atoms with Gasteiger partial charge in [-0.25, -0.2) is 0 Å². The van der Waals surface area contributed by atoms with Gasteiger partial charge in [0.05, 0.1) is 0 Å². The van der Waals surface area contributed by atoms with Crippen molar-refractivity contribution in [2.75, 3.05) is 25.4 Å². The number of thioether (sulfide) groups is 1. The Balaban J connectivity index is 2.37. The Labute approximate surface area is 90.4 Å². The molecule has 1 atom stereocenters. The first-order valence-corrected chi connectivity index (χ1v) is 6.38. The van der Waals surface area contributed by atoms with E-state index in [2.05, 4.69) is 35.8 Å². The summed E-state index contributed by atoms with van der Waals surface area (Å²) in [6, 6.07) is 0. The number of rotatable bonds is 2. The van der Waals surface area contributed by atoms with Gasteiger partial charge in [0.2, 0.25) is 0 Å². The summed E-state index contributed by atoms with van der Waals surface area (Å²) in [5, 5.41) is 4.91. The maximum Gasteiger partial charge on any atom is 0.168 e. The van der Waals surface area contributed by atoms with Crippen LogP contribution in [-0.4, -0.2) is 40.6 Å². The maximum absolute atomic E-state index is 5.28. The lowest BCUT2D eigenvalue weighted by atomic mass is 10.3. The predicted molar refractivity (Wildman–Crippen MR) is 64.4 cm³/mol. The summed E-state index contributed by atoms with van der Waals surface area (Å²) in [6.07, 6.45) is 1.25. The molecule has 1 aliphatic rings. The van der Waals surface area contributed by atoms with Crippen LogP contribution in [0.3, 0.4) is 0 Å². The van der Waals surface area contributed by atoms with Crippen LogP contribution in [0, 0.1) is 0 Å². The van der Waals surface area contributed by atoms with Gasteiger partial charge in [-0.15, -0.1) is 0 Å². The monoisotopic (exact) mass is 218 g/mol. The number of thiocarbonyl (C=S) groups is 1. The molecule has 1 aliphatic heterocycles. The van der Waals surface area contributed by atoms with Gasteiger partial charge >= 0.3 is 0 Å². The molecule has 1 saturated heterocycles. The number of nitrogens with zero attached hydrogens (tertiary/aromatic N) is 1. The van der Waals surface area contributed by atoms with Crippen molar-refractivity contribution in [2.45, 2.75) is 25.5 Å². The Morgan fingerprint density at radius 2 is 2.38 bits per heavy atom. The Morgan fingerprint density at radius 1 is 1.62 bits per heavy atom. The molecule has 0 bridgehead atoms. The van der Waals surface area contributed by atoms with Gasteiger partial charge in [0.25, 0.3) is 0 Å². The molecule has 0 aromatic carbocycles. The summed E-state index contributed by atoms with van der Waals surface area (Å²) in [5.41, 5.74) is 0. The van der Waals surface area contributed by atoms with E-state index in [1.54, 1.807) is 0 Å². The summed E-state index contributed by atoms with van der Waals surface area (Å²) < 4.78 is 0. The van der Waals surface area contributed by atoms with E-state index in [1.165, 1.54) is 12.2 Å². The molecule has 1 N–H and O–H groups in total. The Kier molecular flexibility index (Phi) is 4.88. The lowest BCUT2D eigenvalue weighted by molar-refractivity contribution is 0.418. The molecule has 1 rings (SSSR count). The fourth-order valence-corrected chi connectivity index (χ4v) is 2.90. The average Bonchev–Trinajstić information content (AvgIpc) is 2.18. The third-order valence-corrected chi connectivity index (χ3v) is 3.98. The van der Waals surface area contributed by atoms with Crippen LogP contribution in [0.5, 0.6) is 0 Å². The number of hydrogen-bond acceptors (Lipinski definition) is 2. The molecule has 0 aromatic heterocycles. The smallest absolute Gasteiger partial charge is 0.168 e. The van der Waals surface area contributed by atoms with Crippen molar-refractivity contribution in [2.24, 2.45) is 0 Å². The van der Waals surface area contributed by atoms with Gasteiger partial charge in [-0.05, 0) is 25.6 Å². The van der Waals surface area contributed by atoms with E-state index in [4.69, 9.17) is 12.2 Å². The molecule has 1 heterocycles. The van der Waals surface area contributed by atoms with Crippen LogP contribution in [0.1, 0.15) is 20.3 Å². The Morgan fingerprint density at radius 3 is 3.00 bits per heavy atom. The minimum Gasteiger partial charge on any atom is -0.363 e. The molecule has 76 valence electrons. The van der Waals surface area contributed by atoms with E-state index < -0.39 is 0 Å². The first kappa shape index (κ1) is 11.1. The quantitative estimate of drug-likeness (QED) is 0.709. The van der Waals surface area contributed by atoms with Gasteiger partial charge < -0.3 is 10.2 Å². The zero-order valence-corrected chi connectivity index (χ0v) is 10.0. The van der Waals surface area contributed by atoms with Crippen molar-refractivity contribution in [3.8, 4) is 0 Å². The lowest BCUT2D eigenvalue weighted by Crippen LogP contribution is -2.46. The molecule has 0 radical (unpaired) electrons. The van der Waals surface area contributed by atoms with E-state index in [9.17, 15) is 0 Å². The van der Waals surface area contributed by atoms with E-state index in [-0.39, 0.29) is 0 Å². The Bertz CT molecular complexity index is 173. The van der Waals surface area contributed by atoms with E-state index in [0.29, 0.717) is 0 Å². The predicted octanol–water partition coefficient (Wildman–Crippen LogP) is 1.71. The second-order valence-corrected chi connectivity index (χ2v) is 4.98. The third kappa shape index (κ3) is 3.35. The van der Waals surface area contributed by atoms with Crippen molar-refractivity contribution in [3.63, 3.8) is 0 Å². The highest BCUT2D eigenvalue weighted by Gasteiger charge is 2.19. The molecule has 4 heteroatoms. The maximum atomic E-state index is 5.28. The van der Waals surface area contributed by atoms with Gasteiger partial charge in [0, 0.05) is 30.6 Å². The van der Waals surface area contributed by atoms with Gasteiger partial charge in [0.15, 0.2) is 5.11 Å². The van der Waals surface area contributed by atoms with Crippen molar-refractivity contribution in [1.82, 2.24) is 10.2 Å². The summed E-state index contributed by atoms with van der Waals surface area (Å²) in [6.45, 7) is 7.49. The van der Waals surface area contributed by atoms with Crippen LogP contribution in [0.4, 0.5) is 0 Å². The van der Waals surface area contributed by atoms with Crippen LogP contribution < -0.4 is 5.32 Å². The first-order valence-electron chi connectivity index (χ1n) is 4.92. The highest BCUT2D eigenvalue weighted by Crippen LogP contribution is 2.20. The second kappa shape index (κ2) is 5.70. The second-order valence-electron chi connectivity index (χ2n) is 3.18. The zero-order valence-electron chi connectivity index (χ0n) is 8.38. The SMILES string of the molecule is CCNC(=S)N1CCSC(CC)C1. The molecule has 0 spiro atoms. The van der Waals surface area contributed by atoms with Crippen molar-refractivity contribution < 1.29 is 0 Å². The molecular formula is C9H18N2S2. The molecule has 1 unspecified atom stereocenters. The van der Waals surface area contributed by atoms with Crippen molar-refractivity contribution >= 4 is 29.1 Å². The van der Waals surface area contributed by atoms with E-state index >= 15 is 0 Å². The molecular weight excluding hydrogens is 200 g/mol. The van der Waals surface area contributed by atoms with Crippen LogP contribution in [0.25, 0.3) is 0 Å².